The van der Waals surface area contributed by atoms with E-state index in [0.717, 1.165) is 38.1 Å². The highest BCUT2D eigenvalue weighted by molar-refractivity contribution is 6.00. The summed E-state index contributed by atoms with van der Waals surface area (Å²) in [5.41, 5.74) is 0.354. The van der Waals surface area contributed by atoms with E-state index in [1.54, 1.807) is 29.2 Å². The van der Waals surface area contributed by atoms with Crippen LogP contribution in [0.3, 0.4) is 0 Å². The summed E-state index contributed by atoms with van der Waals surface area (Å²) in [7, 11) is 0. The smallest absolute Gasteiger partial charge is 0.355 e. The summed E-state index contributed by atoms with van der Waals surface area (Å²) >= 11 is 0. The van der Waals surface area contributed by atoms with Gasteiger partial charge in [0.15, 0.2) is 0 Å². The number of rotatable bonds is 4. The quantitative estimate of drug-likeness (QED) is 0.727. The molecule has 5 nitrogen and oxygen atoms in total. The van der Waals surface area contributed by atoms with Gasteiger partial charge >= 0.3 is 6.18 Å². The van der Waals surface area contributed by atoms with E-state index in [9.17, 15) is 22.8 Å². The van der Waals surface area contributed by atoms with Gasteiger partial charge in [-0.25, -0.2) is 0 Å². The number of piperidine rings is 1. The Balaban J connectivity index is 1.44. The van der Waals surface area contributed by atoms with E-state index in [-0.39, 0.29) is 23.4 Å². The van der Waals surface area contributed by atoms with Gasteiger partial charge in [0.1, 0.15) is 0 Å². The molecule has 170 valence electrons. The summed E-state index contributed by atoms with van der Waals surface area (Å²) in [5, 5.41) is 2.96. The highest BCUT2D eigenvalue weighted by Gasteiger charge is 2.32. The van der Waals surface area contributed by atoms with Crippen LogP contribution in [0.2, 0.25) is 0 Å². The third-order valence-electron chi connectivity index (χ3n) is 6.18. The van der Waals surface area contributed by atoms with Crippen molar-refractivity contribution in [3.05, 3.63) is 59.7 Å². The molecular weight excluding hydrogens is 419 g/mol. The highest BCUT2D eigenvalue weighted by atomic mass is 19.4. The van der Waals surface area contributed by atoms with Crippen LogP contribution in [-0.4, -0.2) is 47.8 Å². The minimum absolute atomic E-state index is 0.0457. The molecule has 2 aliphatic heterocycles. The van der Waals surface area contributed by atoms with Crippen molar-refractivity contribution in [2.24, 2.45) is 5.92 Å². The summed E-state index contributed by atoms with van der Waals surface area (Å²) < 4.78 is 39.1. The molecule has 1 N–H and O–H groups in total. The molecule has 0 unspecified atom stereocenters. The lowest BCUT2D eigenvalue weighted by atomic mass is 9.94. The van der Waals surface area contributed by atoms with Crippen LogP contribution in [0.25, 0.3) is 0 Å². The van der Waals surface area contributed by atoms with Crippen LogP contribution < -0.4 is 5.32 Å². The number of benzene rings is 2. The number of nitrogens with zero attached hydrogens (tertiary/aromatic N) is 2. The van der Waals surface area contributed by atoms with Gasteiger partial charge in [-0.1, -0.05) is 18.2 Å². The van der Waals surface area contributed by atoms with Crippen LogP contribution in [0.5, 0.6) is 0 Å². The van der Waals surface area contributed by atoms with Crippen molar-refractivity contribution in [1.29, 1.82) is 0 Å². The number of hydrogen-bond acceptors (Lipinski definition) is 3. The molecule has 2 heterocycles. The average Bonchev–Trinajstić information content (AvgIpc) is 3.33. The lowest BCUT2D eigenvalue weighted by Crippen LogP contribution is -2.43. The third-order valence-corrected chi connectivity index (χ3v) is 6.18. The largest absolute Gasteiger partial charge is 0.416 e. The fourth-order valence-electron chi connectivity index (χ4n) is 4.40. The number of carbonyl (C=O) groups excluding carboxylic acids is 2. The zero-order valence-corrected chi connectivity index (χ0v) is 17.7. The van der Waals surface area contributed by atoms with Crippen LogP contribution in [0.15, 0.2) is 48.5 Å². The molecule has 0 radical (unpaired) electrons. The van der Waals surface area contributed by atoms with Gasteiger partial charge in [-0.15, -0.1) is 0 Å². The molecule has 2 amide bonds. The monoisotopic (exact) mass is 445 g/mol. The predicted octanol–water partition coefficient (Wildman–Crippen LogP) is 4.92. The lowest BCUT2D eigenvalue weighted by Gasteiger charge is -2.33. The van der Waals surface area contributed by atoms with E-state index in [2.05, 4.69) is 5.32 Å². The first-order valence-corrected chi connectivity index (χ1v) is 10.9. The van der Waals surface area contributed by atoms with Gasteiger partial charge in [0, 0.05) is 37.8 Å². The molecule has 4 rings (SSSR count). The number of carbonyl (C=O) groups is 2. The topological polar surface area (TPSA) is 52.7 Å². The molecule has 2 fully saturated rings. The Morgan fingerprint density at radius 2 is 1.56 bits per heavy atom. The van der Waals surface area contributed by atoms with Crippen LogP contribution in [-0.2, 0) is 11.0 Å². The molecule has 0 bridgehead atoms. The Morgan fingerprint density at radius 3 is 2.25 bits per heavy atom. The number of para-hydroxylation sites is 1. The Bertz CT molecular complexity index is 978. The highest BCUT2D eigenvalue weighted by Crippen LogP contribution is 2.32. The van der Waals surface area contributed by atoms with Crippen LogP contribution in [0.4, 0.5) is 24.5 Å². The molecular formula is C24H26F3N3O2. The van der Waals surface area contributed by atoms with Gasteiger partial charge in [-0.3, -0.25) is 9.59 Å². The van der Waals surface area contributed by atoms with E-state index in [1.165, 1.54) is 12.1 Å². The number of halogens is 3. The molecule has 2 aliphatic rings. The summed E-state index contributed by atoms with van der Waals surface area (Å²) in [6, 6.07) is 11.7. The number of alkyl halides is 3. The van der Waals surface area contributed by atoms with Gasteiger partial charge in [0.25, 0.3) is 5.91 Å². The third kappa shape index (κ3) is 4.89. The summed E-state index contributed by atoms with van der Waals surface area (Å²) in [5.74, 6) is -0.0380. The van der Waals surface area contributed by atoms with E-state index in [1.807, 2.05) is 4.90 Å². The molecule has 0 saturated carbocycles. The zero-order chi connectivity index (χ0) is 22.7. The summed E-state index contributed by atoms with van der Waals surface area (Å²) in [6.07, 6.45) is -1.07. The molecule has 2 aromatic rings. The normalized spacial score (nSPS) is 17.5. The van der Waals surface area contributed by atoms with Crippen molar-refractivity contribution in [1.82, 2.24) is 9.80 Å². The molecule has 8 heteroatoms. The molecule has 2 saturated heterocycles. The Morgan fingerprint density at radius 1 is 0.875 bits per heavy atom. The predicted molar refractivity (Wildman–Crippen MR) is 116 cm³/mol. The zero-order valence-electron chi connectivity index (χ0n) is 17.7. The Kier molecular flexibility index (Phi) is 6.39. The fourth-order valence-corrected chi connectivity index (χ4v) is 4.40. The minimum atomic E-state index is -4.44. The van der Waals surface area contributed by atoms with Gasteiger partial charge in [0.2, 0.25) is 5.91 Å². The molecule has 0 atom stereocenters. The SMILES string of the molecule is O=C(c1ccccc1Nc1cccc(C(F)(F)F)c1)N1CCC(C(=O)N2CCCC2)CC1. The molecule has 2 aromatic carbocycles. The van der Waals surface area contributed by atoms with Crippen LogP contribution >= 0.6 is 0 Å². The second-order valence-electron chi connectivity index (χ2n) is 8.35. The van der Waals surface area contributed by atoms with Gasteiger partial charge in [0.05, 0.1) is 16.8 Å². The standard InChI is InChI=1S/C24H26F3N3O2/c25-24(26,27)18-6-5-7-19(16-18)28-21-9-2-1-8-20(21)23(32)30-14-10-17(11-15-30)22(31)29-12-3-4-13-29/h1-2,5-9,16-17,28H,3-4,10-15H2. The second kappa shape index (κ2) is 9.22. The van der Waals surface area contributed by atoms with E-state index < -0.39 is 11.7 Å². The molecule has 0 aromatic heterocycles. The molecule has 32 heavy (non-hydrogen) atoms. The first-order valence-electron chi connectivity index (χ1n) is 10.9. The van der Waals surface area contributed by atoms with E-state index in [4.69, 9.17) is 0 Å². The van der Waals surface area contributed by atoms with Crippen LogP contribution in [0, 0.1) is 5.92 Å². The molecule has 0 aliphatic carbocycles. The Hall–Kier alpha value is -3.03. The van der Waals surface area contributed by atoms with Crippen molar-refractivity contribution in [3.63, 3.8) is 0 Å². The average molecular weight is 445 g/mol. The van der Waals surface area contributed by atoms with Gasteiger partial charge < -0.3 is 15.1 Å². The van der Waals surface area contributed by atoms with Crippen LogP contribution in [0.1, 0.15) is 41.6 Å². The number of amides is 2. The first-order chi connectivity index (χ1) is 15.3. The van der Waals surface area contributed by atoms with Gasteiger partial charge in [-0.05, 0) is 56.0 Å². The maximum Gasteiger partial charge on any atom is 0.416 e. The summed E-state index contributed by atoms with van der Waals surface area (Å²) in [6.45, 7) is 2.63. The first kappa shape index (κ1) is 22.2. The van der Waals surface area contributed by atoms with Gasteiger partial charge in [-0.2, -0.15) is 13.2 Å². The number of anilines is 2. The van der Waals surface area contributed by atoms with Crippen molar-refractivity contribution in [2.75, 3.05) is 31.5 Å². The van der Waals surface area contributed by atoms with E-state index >= 15 is 0 Å². The molecule has 0 spiro atoms. The number of hydrogen-bond donors (Lipinski definition) is 1. The Labute approximate surface area is 185 Å². The van der Waals surface area contributed by atoms with Crippen molar-refractivity contribution >= 4 is 23.2 Å². The second-order valence-corrected chi connectivity index (χ2v) is 8.35. The maximum atomic E-state index is 13.2. The summed E-state index contributed by atoms with van der Waals surface area (Å²) in [4.78, 5) is 29.5. The fraction of sp³-hybridized carbons (Fsp3) is 0.417. The van der Waals surface area contributed by atoms with E-state index in [0.29, 0.717) is 37.2 Å². The number of nitrogens with one attached hydrogen (secondary N) is 1. The lowest BCUT2D eigenvalue weighted by molar-refractivity contribution is -0.137. The van der Waals surface area contributed by atoms with Crippen molar-refractivity contribution < 1.29 is 22.8 Å². The van der Waals surface area contributed by atoms with Crippen molar-refractivity contribution in [3.8, 4) is 0 Å². The maximum absolute atomic E-state index is 13.2. The van der Waals surface area contributed by atoms with Crippen molar-refractivity contribution in [2.45, 2.75) is 31.9 Å². The minimum Gasteiger partial charge on any atom is -0.355 e. The number of likely N-dealkylation sites (tertiary alicyclic amines) is 2.